The zero-order valence-corrected chi connectivity index (χ0v) is 2.70. The summed E-state index contributed by atoms with van der Waals surface area (Å²) >= 11 is 0. The first-order valence-electron chi connectivity index (χ1n) is 1.08. The van der Waals surface area contributed by atoms with Gasteiger partial charge < -0.3 is 15.3 Å². The third-order valence-corrected chi connectivity index (χ3v) is 0.122. The Balaban J connectivity index is 3.45. The second kappa shape index (κ2) is 1.29. The van der Waals surface area contributed by atoms with Gasteiger partial charge in [-0.1, -0.05) is 0 Å². The van der Waals surface area contributed by atoms with Crippen LogP contribution in [0.2, 0.25) is 0 Å². The Bertz CT molecular complexity index is 53.1. The predicted molar refractivity (Wildman–Crippen MR) is 15.2 cm³/mol. The average Bonchev–Trinajstić information content (AvgIpc) is 1.35. The zero-order chi connectivity index (χ0) is 5.21. The van der Waals surface area contributed by atoms with Crippen LogP contribution in [0.15, 0.2) is 5.18 Å². The number of hydrogen-bond acceptors (Lipinski definition) is 5. The molecule has 0 fully saturated rings. The third-order valence-electron chi connectivity index (χ3n) is 0.122. The fraction of sp³-hybridized carbons (Fsp3) is 1.00. The van der Waals surface area contributed by atoms with Gasteiger partial charge in [0.15, 0.2) is 0 Å². The van der Waals surface area contributed by atoms with E-state index in [-0.39, 0.29) is 0 Å². The maximum atomic E-state index is 8.83. The van der Waals surface area contributed by atoms with Crippen molar-refractivity contribution in [2.45, 2.75) is 6.10 Å². The molecule has 0 rings (SSSR count). The lowest BCUT2D eigenvalue weighted by Crippen LogP contribution is -2.22. The standard InChI is InChI=1S/CH3NO4/c3-1(4,5)2-6/h3-5H. The molecule has 0 aliphatic heterocycles. The molecule has 0 spiro atoms. The first-order chi connectivity index (χ1) is 2.56. The van der Waals surface area contributed by atoms with Crippen LogP contribution in [-0.2, 0) is 0 Å². The summed E-state index contributed by atoms with van der Waals surface area (Å²) in [6.45, 7) is 0. The van der Waals surface area contributed by atoms with Crippen molar-refractivity contribution in [3.8, 4) is 0 Å². The highest BCUT2D eigenvalue weighted by Gasteiger charge is 2.16. The molecule has 5 heteroatoms. The number of nitrogens with zero attached hydrogens (tertiary/aromatic N) is 1. The van der Waals surface area contributed by atoms with Crippen molar-refractivity contribution in [3.05, 3.63) is 4.91 Å². The molecule has 0 bridgehead atoms. The summed E-state index contributed by atoms with van der Waals surface area (Å²) in [4.78, 5) is 8.83. The average molecular weight is 93.0 g/mol. The highest BCUT2D eigenvalue weighted by Crippen LogP contribution is 1.88. The summed E-state index contributed by atoms with van der Waals surface area (Å²) in [7, 11) is 0. The van der Waals surface area contributed by atoms with Crippen molar-refractivity contribution in [1.82, 2.24) is 0 Å². The largest absolute Gasteiger partial charge is 0.424 e. The fourth-order valence-electron chi connectivity index (χ4n) is 0. The summed E-state index contributed by atoms with van der Waals surface area (Å²) in [5, 5.41) is 23.8. The molecule has 0 saturated heterocycles. The fourth-order valence-corrected chi connectivity index (χ4v) is 0. The highest BCUT2D eigenvalue weighted by molar-refractivity contribution is 4.32. The van der Waals surface area contributed by atoms with Crippen molar-refractivity contribution in [2.75, 3.05) is 0 Å². The van der Waals surface area contributed by atoms with E-state index in [0.29, 0.717) is 0 Å². The number of rotatable bonds is 1. The van der Waals surface area contributed by atoms with Crippen molar-refractivity contribution in [2.24, 2.45) is 5.18 Å². The predicted octanol–water partition coefficient (Wildman–Crippen LogP) is -1.66. The van der Waals surface area contributed by atoms with Crippen LogP contribution in [0, 0.1) is 4.91 Å². The molecule has 0 aliphatic rings. The monoisotopic (exact) mass is 93.0 g/mol. The van der Waals surface area contributed by atoms with Gasteiger partial charge in [-0.05, 0) is 0 Å². The Morgan fingerprint density at radius 1 is 1.33 bits per heavy atom. The summed E-state index contributed by atoms with van der Waals surface area (Å²) in [5.41, 5.74) is 0. The molecular formula is CH3NO4. The Kier molecular flexibility index (Phi) is 1.18. The molecule has 3 N–H and O–H groups in total. The minimum Gasteiger partial charge on any atom is -0.322 e. The van der Waals surface area contributed by atoms with Crippen molar-refractivity contribution < 1.29 is 15.3 Å². The minimum absolute atomic E-state index is 1.44. The molecule has 0 aliphatic carbocycles. The lowest BCUT2D eigenvalue weighted by molar-refractivity contribution is -0.305. The molecule has 6 heavy (non-hydrogen) atoms. The molecule has 0 radical (unpaired) electrons. The maximum absolute atomic E-state index is 8.83. The molecule has 0 heterocycles. The highest BCUT2D eigenvalue weighted by atomic mass is 16.7. The van der Waals surface area contributed by atoms with Crippen LogP contribution in [0.1, 0.15) is 0 Å². The van der Waals surface area contributed by atoms with Gasteiger partial charge in [-0.2, -0.15) is 0 Å². The lowest BCUT2D eigenvalue weighted by Gasteiger charge is -1.97. The molecule has 0 saturated carbocycles. The van der Waals surface area contributed by atoms with Crippen LogP contribution >= 0.6 is 0 Å². The van der Waals surface area contributed by atoms with Gasteiger partial charge in [0.05, 0.1) is 0 Å². The van der Waals surface area contributed by atoms with Gasteiger partial charge in [0, 0.05) is 5.18 Å². The Hall–Kier alpha value is -0.520. The van der Waals surface area contributed by atoms with E-state index < -0.39 is 6.10 Å². The number of nitroso groups, excluding NO2 is 1. The SMILES string of the molecule is O=NC(O)(O)O. The van der Waals surface area contributed by atoms with Crippen molar-refractivity contribution in [1.29, 1.82) is 0 Å². The van der Waals surface area contributed by atoms with E-state index in [1.807, 2.05) is 0 Å². The van der Waals surface area contributed by atoms with Crippen LogP contribution in [0.25, 0.3) is 0 Å². The number of hydrogen-bond donors (Lipinski definition) is 3. The van der Waals surface area contributed by atoms with Crippen LogP contribution < -0.4 is 0 Å². The molecule has 0 aromatic rings. The molecule has 5 nitrogen and oxygen atoms in total. The summed E-state index contributed by atoms with van der Waals surface area (Å²) in [6, 6.07) is 0. The van der Waals surface area contributed by atoms with Crippen LogP contribution in [0.5, 0.6) is 0 Å². The second-order valence-electron chi connectivity index (χ2n) is 0.691. The molecule has 0 atom stereocenters. The van der Waals surface area contributed by atoms with Gasteiger partial charge in [0.1, 0.15) is 0 Å². The molecular weight excluding hydrogens is 90.0 g/mol. The summed E-state index contributed by atoms with van der Waals surface area (Å²) in [5.74, 6) is 0. The smallest absolute Gasteiger partial charge is 0.322 e. The second-order valence-corrected chi connectivity index (χ2v) is 0.691. The normalized spacial score (nSPS) is 11.2. The van der Waals surface area contributed by atoms with E-state index in [4.69, 9.17) is 20.2 Å². The van der Waals surface area contributed by atoms with Crippen molar-refractivity contribution >= 4 is 0 Å². The molecule has 36 valence electrons. The lowest BCUT2D eigenvalue weighted by atomic mass is 11.1. The van der Waals surface area contributed by atoms with E-state index in [2.05, 4.69) is 0 Å². The molecule has 0 unspecified atom stereocenters. The van der Waals surface area contributed by atoms with Gasteiger partial charge in [0.2, 0.25) is 0 Å². The Morgan fingerprint density at radius 2 is 1.50 bits per heavy atom. The first kappa shape index (κ1) is 5.48. The van der Waals surface area contributed by atoms with Gasteiger partial charge in [0.25, 0.3) is 0 Å². The van der Waals surface area contributed by atoms with Crippen molar-refractivity contribution in [3.63, 3.8) is 0 Å². The quantitative estimate of drug-likeness (QED) is 0.267. The van der Waals surface area contributed by atoms with E-state index in [0.717, 1.165) is 0 Å². The minimum atomic E-state index is -3.39. The number of aliphatic hydroxyl groups is 3. The van der Waals surface area contributed by atoms with E-state index in [1.54, 1.807) is 0 Å². The van der Waals surface area contributed by atoms with E-state index in [1.165, 1.54) is 5.18 Å². The first-order valence-corrected chi connectivity index (χ1v) is 1.08. The molecule has 0 aromatic heterocycles. The Labute approximate surface area is 32.8 Å². The van der Waals surface area contributed by atoms with E-state index in [9.17, 15) is 0 Å². The molecule has 0 amide bonds. The zero-order valence-electron chi connectivity index (χ0n) is 2.70. The van der Waals surface area contributed by atoms with Gasteiger partial charge in [-0.25, -0.2) is 0 Å². The maximum Gasteiger partial charge on any atom is 0.424 e. The third kappa shape index (κ3) is 3.48. The van der Waals surface area contributed by atoms with Crippen LogP contribution in [0.4, 0.5) is 0 Å². The Morgan fingerprint density at radius 3 is 1.50 bits per heavy atom. The summed E-state index contributed by atoms with van der Waals surface area (Å²) < 4.78 is 0. The topological polar surface area (TPSA) is 90.1 Å². The van der Waals surface area contributed by atoms with Gasteiger partial charge in [-0.3, -0.25) is 0 Å². The summed E-state index contributed by atoms with van der Waals surface area (Å²) in [6.07, 6.45) is -3.39. The van der Waals surface area contributed by atoms with Crippen LogP contribution in [-0.4, -0.2) is 21.4 Å². The van der Waals surface area contributed by atoms with Gasteiger partial charge in [-0.15, -0.1) is 4.91 Å². The van der Waals surface area contributed by atoms with Crippen LogP contribution in [0.3, 0.4) is 0 Å². The van der Waals surface area contributed by atoms with E-state index >= 15 is 0 Å². The van der Waals surface area contributed by atoms with Gasteiger partial charge >= 0.3 is 6.10 Å². The molecule has 0 aromatic carbocycles.